The lowest BCUT2D eigenvalue weighted by Crippen LogP contribution is -2.50. The van der Waals surface area contributed by atoms with E-state index in [0.717, 1.165) is 32.5 Å². The second kappa shape index (κ2) is 5.38. The van der Waals surface area contributed by atoms with Gasteiger partial charge in [-0.2, -0.15) is 0 Å². The summed E-state index contributed by atoms with van der Waals surface area (Å²) in [6, 6.07) is 1.09. The van der Waals surface area contributed by atoms with Gasteiger partial charge in [-0.15, -0.1) is 0 Å². The molecule has 2 atom stereocenters. The third-order valence-electron chi connectivity index (χ3n) is 4.60. The SMILES string of the molecule is O=C(O)CCN(C1CC1)C1CCOC2(CCOC2)C1. The molecule has 0 radical (unpaired) electrons. The number of hydrogen-bond donors (Lipinski definition) is 1. The molecule has 3 fully saturated rings. The number of aliphatic carboxylic acids is 1. The molecule has 0 amide bonds. The second-order valence-corrected chi connectivity index (χ2v) is 6.09. The molecule has 0 bridgehead atoms. The first-order chi connectivity index (χ1) is 9.19. The molecule has 19 heavy (non-hydrogen) atoms. The number of hydrogen-bond acceptors (Lipinski definition) is 4. The van der Waals surface area contributed by atoms with Crippen molar-refractivity contribution in [3.63, 3.8) is 0 Å². The van der Waals surface area contributed by atoms with E-state index >= 15 is 0 Å². The largest absolute Gasteiger partial charge is 0.481 e. The fourth-order valence-corrected chi connectivity index (χ4v) is 3.44. The highest BCUT2D eigenvalue weighted by molar-refractivity contribution is 5.66. The first-order valence-corrected chi connectivity index (χ1v) is 7.38. The maximum atomic E-state index is 10.8. The van der Waals surface area contributed by atoms with Crippen LogP contribution in [0.2, 0.25) is 0 Å². The quantitative estimate of drug-likeness (QED) is 0.814. The third kappa shape index (κ3) is 3.09. The van der Waals surface area contributed by atoms with Crippen molar-refractivity contribution in [2.24, 2.45) is 0 Å². The van der Waals surface area contributed by atoms with Gasteiger partial charge in [0.15, 0.2) is 0 Å². The van der Waals surface area contributed by atoms with Crippen molar-refractivity contribution in [3.05, 3.63) is 0 Å². The third-order valence-corrected chi connectivity index (χ3v) is 4.60. The standard InChI is InChI=1S/C14H23NO4/c16-13(17)3-6-15(11-1-2-11)12-4-7-19-14(9-12)5-8-18-10-14/h11-12H,1-10H2,(H,16,17). The van der Waals surface area contributed by atoms with Crippen molar-refractivity contribution < 1.29 is 19.4 Å². The average molecular weight is 269 g/mol. The zero-order chi connectivity index (χ0) is 13.3. The van der Waals surface area contributed by atoms with Crippen LogP contribution in [0.1, 0.15) is 38.5 Å². The molecule has 3 rings (SSSR count). The van der Waals surface area contributed by atoms with Crippen LogP contribution in [0.5, 0.6) is 0 Å². The predicted molar refractivity (Wildman–Crippen MR) is 69.1 cm³/mol. The summed E-state index contributed by atoms with van der Waals surface area (Å²) in [6.07, 6.45) is 5.71. The van der Waals surface area contributed by atoms with Crippen LogP contribution >= 0.6 is 0 Å². The molecule has 5 heteroatoms. The minimum Gasteiger partial charge on any atom is -0.481 e. The maximum Gasteiger partial charge on any atom is 0.304 e. The Bertz CT molecular complexity index is 336. The first kappa shape index (κ1) is 13.3. The van der Waals surface area contributed by atoms with E-state index in [2.05, 4.69) is 4.90 Å². The number of nitrogens with zero attached hydrogens (tertiary/aromatic N) is 1. The Hall–Kier alpha value is -0.650. The van der Waals surface area contributed by atoms with Crippen molar-refractivity contribution in [1.82, 2.24) is 4.90 Å². The number of carboxylic acids is 1. The van der Waals surface area contributed by atoms with Gasteiger partial charge in [0.25, 0.3) is 0 Å². The number of carboxylic acid groups (broad SMARTS) is 1. The molecule has 3 aliphatic rings. The molecule has 1 saturated carbocycles. The smallest absolute Gasteiger partial charge is 0.304 e. The van der Waals surface area contributed by atoms with Gasteiger partial charge >= 0.3 is 5.97 Å². The molecular weight excluding hydrogens is 246 g/mol. The Morgan fingerprint density at radius 2 is 2.11 bits per heavy atom. The molecule has 0 aromatic heterocycles. The molecular formula is C14H23NO4. The average Bonchev–Trinajstić information content (AvgIpc) is 3.12. The molecule has 2 aliphatic heterocycles. The van der Waals surface area contributed by atoms with Gasteiger partial charge < -0.3 is 14.6 Å². The predicted octanol–water partition coefficient (Wildman–Crippen LogP) is 1.26. The van der Waals surface area contributed by atoms with E-state index in [1.807, 2.05) is 0 Å². The van der Waals surface area contributed by atoms with Crippen LogP contribution in [0.25, 0.3) is 0 Å². The normalized spacial score (nSPS) is 35.1. The van der Waals surface area contributed by atoms with Crippen molar-refractivity contribution in [2.75, 3.05) is 26.4 Å². The lowest BCUT2D eigenvalue weighted by Gasteiger charge is -2.42. The van der Waals surface area contributed by atoms with Gasteiger partial charge in [0.05, 0.1) is 18.6 Å². The topological polar surface area (TPSA) is 59.0 Å². The van der Waals surface area contributed by atoms with E-state index in [4.69, 9.17) is 14.6 Å². The number of ether oxygens (including phenoxy) is 2. The van der Waals surface area contributed by atoms with Gasteiger partial charge in [-0.05, 0) is 25.7 Å². The second-order valence-electron chi connectivity index (χ2n) is 6.09. The highest BCUT2D eigenvalue weighted by atomic mass is 16.6. The van der Waals surface area contributed by atoms with Crippen molar-refractivity contribution >= 4 is 5.97 Å². The molecule has 1 spiro atoms. The van der Waals surface area contributed by atoms with Gasteiger partial charge in [0.2, 0.25) is 0 Å². The van der Waals surface area contributed by atoms with Crippen LogP contribution in [0.15, 0.2) is 0 Å². The Kier molecular flexibility index (Phi) is 3.78. The molecule has 1 N–H and O–H groups in total. The molecule has 0 aromatic rings. The van der Waals surface area contributed by atoms with E-state index in [1.54, 1.807) is 0 Å². The summed E-state index contributed by atoms with van der Waals surface area (Å²) in [4.78, 5) is 13.2. The Labute approximate surface area is 113 Å². The molecule has 2 unspecified atom stereocenters. The Morgan fingerprint density at radius 3 is 2.74 bits per heavy atom. The van der Waals surface area contributed by atoms with Gasteiger partial charge in [-0.25, -0.2) is 0 Å². The molecule has 2 saturated heterocycles. The summed E-state index contributed by atoms with van der Waals surface area (Å²) < 4.78 is 11.5. The summed E-state index contributed by atoms with van der Waals surface area (Å²) in [5.41, 5.74) is -0.0840. The van der Waals surface area contributed by atoms with E-state index in [9.17, 15) is 4.79 Å². The summed E-state index contributed by atoms with van der Waals surface area (Å²) >= 11 is 0. The van der Waals surface area contributed by atoms with Gasteiger partial charge in [0, 0.05) is 38.3 Å². The van der Waals surface area contributed by atoms with Crippen LogP contribution in [0, 0.1) is 0 Å². The van der Waals surface area contributed by atoms with Crippen molar-refractivity contribution in [3.8, 4) is 0 Å². The lowest BCUT2D eigenvalue weighted by molar-refractivity contribution is -0.138. The van der Waals surface area contributed by atoms with Gasteiger partial charge in [-0.3, -0.25) is 9.69 Å². The summed E-state index contributed by atoms with van der Waals surface area (Å²) in [5, 5.41) is 8.90. The Morgan fingerprint density at radius 1 is 1.26 bits per heavy atom. The zero-order valence-electron chi connectivity index (χ0n) is 11.3. The highest BCUT2D eigenvalue weighted by Crippen LogP contribution is 2.38. The molecule has 0 aromatic carbocycles. The summed E-state index contributed by atoms with van der Waals surface area (Å²) in [5.74, 6) is -0.698. The molecule has 2 heterocycles. The fourth-order valence-electron chi connectivity index (χ4n) is 3.44. The van der Waals surface area contributed by atoms with E-state index in [-0.39, 0.29) is 12.0 Å². The van der Waals surface area contributed by atoms with Crippen LogP contribution in [-0.2, 0) is 14.3 Å². The van der Waals surface area contributed by atoms with E-state index in [0.29, 0.717) is 25.2 Å². The fraction of sp³-hybridized carbons (Fsp3) is 0.929. The first-order valence-electron chi connectivity index (χ1n) is 7.38. The van der Waals surface area contributed by atoms with Crippen LogP contribution in [0.3, 0.4) is 0 Å². The zero-order valence-corrected chi connectivity index (χ0v) is 11.3. The maximum absolute atomic E-state index is 10.8. The lowest BCUT2D eigenvalue weighted by atomic mass is 9.88. The van der Waals surface area contributed by atoms with Crippen molar-refractivity contribution in [2.45, 2.75) is 56.2 Å². The monoisotopic (exact) mass is 269 g/mol. The minimum absolute atomic E-state index is 0.0840. The summed E-state index contributed by atoms with van der Waals surface area (Å²) in [6.45, 7) is 2.97. The molecule has 108 valence electrons. The van der Waals surface area contributed by atoms with E-state index in [1.165, 1.54) is 12.8 Å². The van der Waals surface area contributed by atoms with Crippen molar-refractivity contribution in [1.29, 1.82) is 0 Å². The van der Waals surface area contributed by atoms with Crippen LogP contribution in [-0.4, -0.2) is 60.0 Å². The van der Waals surface area contributed by atoms with E-state index < -0.39 is 5.97 Å². The minimum atomic E-state index is -0.698. The Balaban J connectivity index is 1.62. The molecule has 5 nitrogen and oxygen atoms in total. The van der Waals surface area contributed by atoms with Gasteiger partial charge in [0.1, 0.15) is 0 Å². The summed E-state index contributed by atoms with van der Waals surface area (Å²) in [7, 11) is 0. The van der Waals surface area contributed by atoms with Crippen LogP contribution < -0.4 is 0 Å². The number of rotatable bonds is 5. The molecule has 1 aliphatic carbocycles. The number of carbonyl (C=O) groups is 1. The van der Waals surface area contributed by atoms with Gasteiger partial charge in [-0.1, -0.05) is 0 Å². The highest BCUT2D eigenvalue weighted by Gasteiger charge is 2.44. The van der Waals surface area contributed by atoms with Crippen LogP contribution in [0.4, 0.5) is 0 Å².